The molecule has 2 aliphatic rings. The van der Waals surface area contributed by atoms with E-state index in [1.165, 1.54) is 24.0 Å². The molecule has 1 aromatic rings. The van der Waals surface area contributed by atoms with Crippen molar-refractivity contribution in [2.75, 3.05) is 12.4 Å². The van der Waals surface area contributed by atoms with Crippen LogP contribution in [-0.4, -0.2) is 30.3 Å². The molecule has 3 rings (SSSR count). The van der Waals surface area contributed by atoms with Gasteiger partial charge in [-0.2, -0.15) is 0 Å². The largest absolute Gasteiger partial charge is 0.381 e. The molecule has 1 heterocycles. The van der Waals surface area contributed by atoms with E-state index in [0.717, 1.165) is 25.7 Å². The van der Waals surface area contributed by atoms with Crippen LogP contribution in [0.3, 0.4) is 0 Å². The van der Waals surface area contributed by atoms with E-state index < -0.39 is 0 Å². The van der Waals surface area contributed by atoms with E-state index in [-0.39, 0.29) is 12.1 Å². The third-order valence-electron chi connectivity index (χ3n) is 4.23. The Balaban J connectivity index is 1.54. The molecule has 0 bridgehead atoms. The van der Waals surface area contributed by atoms with Crippen LogP contribution in [0.1, 0.15) is 36.8 Å². The van der Waals surface area contributed by atoms with Crippen molar-refractivity contribution in [3.8, 4) is 0 Å². The molecule has 0 aromatic carbocycles. The van der Waals surface area contributed by atoms with Crippen molar-refractivity contribution in [1.82, 2.24) is 10.3 Å². The molecule has 2 N–H and O–H groups in total. The number of aryl methyl sites for hydroxylation is 2. The van der Waals surface area contributed by atoms with E-state index >= 15 is 0 Å². The number of nitrogens with one attached hydrogen (secondary N) is 2. The first-order valence-electron chi connectivity index (χ1n) is 7.32. The maximum Gasteiger partial charge on any atom is 0.320 e. The summed E-state index contributed by atoms with van der Waals surface area (Å²) in [5, 5.41) is 5.76. The van der Waals surface area contributed by atoms with Crippen molar-refractivity contribution >= 4 is 11.8 Å². The number of anilines is 1. The lowest BCUT2D eigenvalue weighted by Gasteiger charge is -2.34. The minimum atomic E-state index is -0.173. The van der Waals surface area contributed by atoms with Crippen molar-refractivity contribution in [1.29, 1.82) is 0 Å². The summed E-state index contributed by atoms with van der Waals surface area (Å²) in [7, 11) is 1.71. The van der Waals surface area contributed by atoms with Gasteiger partial charge in [0.15, 0.2) is 0 Å². The van der Waals surface area contributed by atoms with Gasteiger partial charge in [0.1, 0.15) is 5.82 Å². The highest BCUT2D eigenvalue weighted by Gasteiger charge is 2.30. The molecule has 0 spiro atoms. The van der Waals surface area contributed by atoms with Crippen molar-refractivity contribution in [3.05, 3.63) is 23.4 Å². The molecule has 2 aliphatic carbocycles. The van der Waals surface area contributed by atoms with Gasteiger partial charge in [0.25, 0.3) is 0 Å². The van der Waals surface area contributed by atoms with Gasteiger partial charge < -0.3 is 10.1 Å². The van der Waals surface area contributed by atoms with Crippen LogP contribution in [0.25, 0.3) is 0 Å². The predicted molar refractivity (Wildman–Crippen MR) is 76.9 cm³/mol. The Morgan fingerprint density at radius 2 is 2.05 bits per heavy atom. The fourth-order valence-corrected chi connectivity index (χ4v) is 2.90. The van der Waals surface area contributed by atoms with Crippen LogP contribution < -0.4 is 10.6 Å². The number of fused-ring (bicyclic) bond motifs is 1. The normalized spacial score (nSPS) is 24.4. The molecule has 1 fully saturated rings. The Hall–Kier alpha value is -1.62. The van der Waals surface area contributed by atoms with Gasteiger partial charge in [-0.15, -0.1) is 0 Å². The smallest absolute Gasteiger partial charge is 0.320 e. The number of ether oxygens (including phenoxy) is 1. The van der Waals surface area contributed by atoms with E-state index in [9.17, 15) is 4.79 Å². The number of pyridine rings is 1. The Kier molecular flexibility index (Phi) is 3.87. The summed E-state index contributed by atoms with van der Waals surface area (Å²) in [6.45, 7) is 0. The third kappa shape index (κ3) is 2.93. The van der Waals surface area contributed by atoms with Crippen LogP contribution in [0.15, 0.2) is 12.3 Å². The molecule has 2 amide bonds. The Bertz CT molecular complexity index is 498. The number of methoxy groups -OCH3 is 1. The fraction of sp³-hybridized carbons (Fsp3) is 0.600. The molecule has 1 aromatic heterocycles. The first-order valence-corrected chi connectivity index (χ1v) is 7.32. The number of carbonyl (C=O) groups excluding carboxylic acids is 1. The Labute approximate surface area is 119 Å². The Morgan fingerprint density at radius 3 is 2.80 bits per heavy atom. The SMILES string of the molecule is COC1CC(NC(=O)Nc2cc3c(cn2)CCCC3)C1. The van der Waals surface area contributed by atoms with Gasteiger partial charge in [-0.3, -0.25) is 5.32 Å². The number of nitrogens with zero attached hydrogens (tertiary/aromatic N) is 1. The monoisotopic (exact) mass is 275 g/mol. The molecular formula is C15H21N3O2. The molecule has 20 heavy (non-hydrogen) atoms. The molecule has 0 atom stereocenters. The lowest BCUT2D eigenvalue weighted by molar-refractivity contribution is 0.0210. The lowest BCUT2D eigenvalue weighted by Crippen LogP contribution is -2.48. The number of amides is 2. The molecule has 0 radical (unpaired) electrons. The van der Waals surface area contributed by atoms with Crippen LogP contribution in [-0.2, 0) is 17.6 Å². The van der Waals surface area contributed by atoms with Crippen LogP contribution in [0.2, 0.25) is 0 Å². The standard InChI is InChI=1S/C15H21N3O2/c1-20-13-7-12(8-13)17-15(19)18-14-6-10-4-2-3-5-11(10)9-16-14/h6,9,12-13H,2-5,7-8H2,1H3,(H2,16,17,18,19). The van der Waals surface area contributed by atoms with Crippen LogP contribution in [0.4, 0.5) is 10.6 Å². The summed E-state index contributed by atoms with van der Waals surface area (Å²) in [4.78, 5) is 16.2. The molecule has 5 heteroatoms. The van der Waals surface area contributed by atoms with Crippen LogP contribution in [0, 0.1) is 0 Å². The van der Waals surface area contributed by atoms with Crippen molar-refractivity contribution in [2.24, 2.45) is 0 Å². The summed E-state index contributed by atoms with van der Waals surface area (Å²) in [5.41, 5.74) is 2.65. The van der Waals surface area contributed by atoms with E-state index in [1.807, 2.05) is 12.3 Å². The topological polar surface area (TPSA) is 63.2 Å². The highest BCUT2D eigenvalue weighted by molar-refractivity contribution is 5.88. The van der Waals surface area contributed by atoms with Crippen molar-refractivity contribution in [3.63, 3.8) is 0 Å². The maximum absolute atomic E-state index is 11.9. The number of hydrogen-bond donors (Lipinski definition) is 2. The fourth-order valence-electron chi connectivity index (χ4n) is 2.90. The molecule has 108 valence electrons. The van der Waals surface area contributed by atoms with E-state index in [0.29, 0.717) is 11.9 Å². The van der Waals surface area contributed by atoms with Crippen molar-refractivity contribution in [2.45, 2.75) is 50.7 Å². The van der Waals surface area contributed by atoms with Crippen molar-refractivity contribution < 1.29 is 9.53 Å². The zero-order valence-corrected chi connectivity index (χ0v) is 11.8. The molecule has 5 nitrogen and oxygen atoms in total. The van der Waals surface area contributed by atoms with Gasteiger partial charge >= 0.3 is 6.03 Å². The van der Waals surface area contributed by atoms with E-state index in [4.69, 9.17) is 4.74 Å². The predicted octanol–water partition coefficient (Wildman–Crippen LogP) is 2.26. The molecule has 0 saturated heterocycles. The number of aromatic nitrogens is 1. The highest BCUT2D eigenvalue weighted by Crippen LogP contribution is 2.24. The van der Waals surface area contributed by atoms with Gasteiger partial charge in [0.2, 0.25) is 0 Å². The third-order valence-corrected chi connectivity index (χ3v) is 4.23. The van der Waals surface area contributed by atoms with Gasteiger partial charge in [-0.25, -0.2) is 9.78 Å². The maximum atomic E-state index is 11.9. The first kappa shape index (κ1) is 13.4. The number of rotatable bonds is 3. The van der Waals surface area contributed by atoms with Gasteiger partial charge in [0, 0.05) is 19.3 Å². The summed E-state index contributed by atoms with van der Waals surface area (Å²) >= 11 is 0. The minimum absolute atomic E-state index is 0.173. The summed E-state index contributed by atoms with van der Waals surface area (Å²) in [6.07, 6.45) is 8.63. The minimum Gasteiger partial charge on any atom is -0.381 e. The average Bonchev–Trinajstić information content (AvgIpc) is 2.42. The zero-order chi connectivity index (χ0) is 13.9. The summed E-state index contributed by atoms with van der Waals surface area (Å²) in [6, 6.07) is 2.05. The Morgan fingerprint density at radius 1 is 1.30 bits per heavy atom. The van der Waals surface area contributed by atoms with Gasteiger partial charge in [0.05, 0.1) is 6.10 Å². The second-order valence-corrected chi connectivity index (χ2v) is 5.67. The molecule has 0 unspecified atom stereocenters. The second-order valence-electron chi connectivity index (χ2n) is 5.67. The zero-order valence-electron chi connectivity index (χ0n) is 11.8. The van der Waals surface area contributed by atoms with E-state index in [2.05, 4.69) is 15.6 Å². The molecule has 0 aliphatic heterocycles. The van der Waals surface area contributed by atoms with Gasteiger partial charge in [-0.05, 0) is 55.7 Å². The number of hydrogen-bond acceptors (Lipinski definition) is 3. The van der Waals surface area contributed by atoms with E-state index in [1.54, 1.807) is 7.11 Å². The van der Waals surface area contributed by atoms with Crippen LogP contribution >= 0.6 is 0 Å². The number of carbonyl (C=O) groups is 1. The highest BCUT2D eigenvalue weighted by atomic mass is 16.5. The second kappa shape index (κ2) is 5.79. The molecular weight excluding hydrogens is 254 g/mol. The first-order chi connectivity index (χ1) is 9.74. The molecule has 1 saturated carbocycles. The number of urea groups is 1. The quantitative estimate of drug-likeness (QED) is 0.889. The lowest BCUT2D eigenvalue weighted by atomic mass is 9.89. The van der Waals surface area contributed by atoms with Gasteiger partial charge in [-0.1, -0.05) is 0 Å². The summed E-state index contributed by atoms with van der Waals surface area (Å²) < 4.78 is 5.19. The van der Waals surface area contributed by atoms with Crippen LogP contribution in [0.5, 0.6) is 0 Å². The average molecular weight is 275 g/mol. The summed E-state index contributed by atoms with van der Waals surface area (Å²) in [5.74, 6) is 0.644.